The fraction of sp³-hybridized carbons (Fsp3) is 0.267. The maximum Gasteiger partial charge on any atom is 0.105 e. The summed E-state index contributed by atoms with van der Waals surface area (Å²) in [5.74, 6) is 0. The van der Waals surface area contributed by atoms with Crippen LogP contribution in [-0.4, -0.2) is 14.1 Å². The normalized spacial score (nSPS) is 10.2. The minimum atomic E-state index is 0.609. The van der Waals surface area contributed by atoms with Gasteiger partial charge in [-0.25, -0.2) is 0 Å². The number of anilines is 2. The molecule has 19 heavy (non-hydrogen) atoms. The molecule has 0 atom stereocenters. The molecule has 0 saturated heterocycles. The van der Waals surface area contributed by atoms with Crippen molar-refractivity contribution in [1.29, 1.82) is 5.26 Å². The second kappa shape index (κ2) is 5.33. The van der Waals surface area contributed by atoms with Crippen molar-refractivity contribution in [3.8, 4) is 17.2 Å². The summed E-state index contributed by atoms with van der Waals surface area (Å²) in [4.78, 5) is 3.22. The van der Waals surface area contributed by atoms with Crippen LogP contribution in [0, 0.1) is 11.3 Å². The molecular weight excluding hydrogens is 254 g/mol. The van der Waals surface area contributed by atoms with E-state index in [-0.39, 0.29) is 0 Å². The molecule has 0 unspecified atom stereocenters. The van der Waals surface area contributed by atoms with Gasteiger partial charge in [0.2, 0.25) is 0 Å². The molecule has 1 aromatic carbocycles. The van der Waals surface area contributed by atoms with E-state index in [9.17, 15) is 5.26 Å². The SMILES string of the molecule is CCc1sc(N)c(C#N)c1-c1cccc(N(C)C)c1. The Labute approximate surface area is 117 Å². The third-order valence-corrected chi connectivity index (χ3v) is 4.26. The zero-order chi connectivity index (χ0) is 14.0. The Kier molecular flexibility index (Phi) is 3.77. The van der Waals surface area contributed by atoms with Gasteiger partial charge in [-0.05, 0) is 24.1 Å². The first-order valence-electron chi connectivity index (χ1n) is 6.17. The van der Waals surface area contributed by atoms with Crippen molar-refractivity contribution in [2.45, 2.75) is 13.3 Å². The Hall–Kier alpha value is -1.99. The van der Waals surface area contributed by atoms with Crippen molar-refractivity contribution in [3.05, 3.63) is 34.7 Å². The van der Waals surface area contributed by atoms with Gasteiger partial charge in [0.15, 0.2) is 0 Å². The number of thiophene rings is 1. The van der Waals surface area contributed by atoms with Gasteiger partial charge in [-0.3, -0.25) is 0 Å². The number of hydrogen-bond acceptors (Lipinski definition) is 4. The highest BCUT2D eigenvalue weighted by molar-refractivity contribution is 7.16. The maximum atomic E-state index is 9.31. The third kappa shape index (κ3) is 2.42. The first kappa shape index (κ1) is 13.4. The van der Waals surface area contributed by atoms with Crippen molar-refractivity contribution in [2.75, 3.05) is 24.7 Å². The summed E-state index contributed by atoms with van der Waals surface area (Å²) >= 11 is 1.52. The first-order chi connectivity index (χ1) is 9.08. The average Bonchev–Trinajstić information content (AvgIpc) is 2.74. The molecule has 98 valence electrons. The number of nitrogen functional groups attached to an aromatic ring is 1. The van der Waals surface area contributed by atoms with Crippen LogP contribution in [0.5, 0.6) is 0 Å². The Morgan fingerprint density at radius 3 is 2.68 bits per heavy atom. The van der Waals surface area contributed by atoms with Crippen LogP contribution in [-0.2, 0) is 6.42 Å². The Balaban J connectivity index is 2.65. The molecule has 0 bridgehead atoms. The number of aryl methyl sites for hydroxylation is 1. The molecule has 0 aliphatic rings. The second-order valence-electron chi connectivity index (χ2n) is 4.55. The van der Waals surface area contributed by atoms with E-state index < -0.39 is 0 Å². The summed E-state index contributed by atoms with van der Waals surface area (Å²) in [6.45, 7) is 2.09. The predicted molar refractivity (Wildman–Crippen MR) is 82.6 cm³/mol. The average molecular weight is 271 g/mol. The molecule has 4 heteroatoms. The van der Waals surface area contributed by atoms with Crippen molar-refractivity contribution in [2.24, 2.45) is 0 Å². The van der Waals surface area contributed by atoms with Crippen LogP contribution >= 0.6 is 11.3 Å². The molecule has 1 aromatic heterocycles. The van der Waals surface area contributed by atoms with Gasteiger partial charge in [0, 0.05) is 30.2 Å². The van der Waals surface area contributed by atoms with Crippen LogP contribution < -0.4 is 10.6 Å². The Morgan fingerprint density at radius 1 is 1.37 bits per heavy atom. The molecule has 2 N–H and O–H groups in total. The third-order valence-electron chi connectivity index (χ3n) is 3.09. The second-order valence-corrected chi connectivity index (χ2v) is 5.69. The van der Waals surface area contributed by atoms with Crippen molar-refractivity contribution in [1.82, 2.24) is 0 Å². The van der Waals surface area contributed by atoms with E-state index in [2.05, 4.69) is 30.0 Å². The fourth-order valence-electron chi connectivity index (χ4n) is 2.10. The number of hydrogen-bond donors (Lipinski definition) is 1. The first-order valence-corrected chi connectivity index (χ1v) is 6.99. The van der Waals surface area contributed by atoms with E-state index in [1.807, 2.05) is 26.2 Å². The molecule has 0 spiro atoms. The lowest BCUT2D eigenvalue weighted by Gasteiger charge is -2.14. The summed E-state index contributed by atoms with van der Waals surface area (Å²) < 4.78 is 0. The number of nitriles is 1. The minimum absolute atomic E-state index is 0.609. The molecular formula is C15H17N3S. The fourth-order valence-corrected chi connectivity index (χ4v) is 3.08. The molecule has 0 radical (unpaired) electrons. The van der Waals surface area contributed by atoms with Gasteiger partial charge in [-0.2, -0.15) is 5.26 Å². The van der Waals surface area contributed by atoms with Crippen LogP contribution in [0.4, 0.5) is 10.7 Å². The number of nitrogens with zero attached hydrogens (tertiary/aromatic N) is 2. The summed E-state index contributed by atoms with van der Waals surface area (Å²) in [6.07, 6.45) is 0.887. The van der Waals surface area contributed by atoms with Crippen molar-refractivity contribution in [3.63, 3.8) is 0 Å². The monoisotopic (exact) mass is 271 g/mol. The van der Waals surface area contributed by atoms with Gasteiger partial charge in [-0.15, -0.1) is 11.3 Å². The highest BCUT2D eigenvalue weighted by Crippen LogP contribution is 2.39. The molecule has 2 rings (SSSR count). The van der Waals surface area contributed by atoms with E-state index in [0.29, 0.717) is 10.6 Å². The molecule has 0 fully saturated rings. The van der Waals surface area contributed by atoms with E-state index in [4.69, 9.17) is 5.73 Å². The standard InChI is InChI=1S/C15H17N3S/c1-4-13-14(12(9-16)15(17)19-13)10-6-5-7-11(8-10)18(2)3/h5-8H,4,17H2,1-3H3. The molecule has 0 amide bonds. The van der Waals surface area contributed by atoms with E-state index in [0.717, 1.165) is 23.2 Å². The van der Waals surface area contributed by atoms with Crippen molar-refractivity contribution >= 4 is 22.0 Å². The van der Waals surface area contributed by atoms with Crippen LogP contribution in [0.25, 0.3) is 11.1 Å². The topological polar surface area (TPSA) is 53.1 Å². The molecule has 3 nitrogen and oxygen atoms in total. The Bertz CT molecular complexity index is 635. The number of rotatable bonds is 3. The van der Waals surface area contributed by atoms with Crippen LogP contribution in [0.3, 0.4) is 0 Å². The summed E-state index contributed by atoms with van der Waals surface area (Å²) in [5, 5.41) is 9.93. The maximum absolute atomic E-state index is 9.31. The van der Waals surface area contributed by atoms with Crippen LogP contribution in [0.1, 0.15) is 17.4 Å². The highest BCUT2D eigenvalue weighted by atomic mass is 32.1. The van der Waals surface area contributed by atoms with Gasteiger partial charge >= 0.3 is 0 Å². The van der Waals surface area contributed by atoms with Crippen LogP contribution in [0.2, 0.25) is 0 Å². The van der Waals surface area contributed by atoms with Crippen molar-refractivity contribution < 1.29 is 0 Å². The summed E-state index contributed by atoms with van der Waals surface area (Å²) in [6, 6.07) is 10.4. The highest BCUT2D eigenvalue weighted by Gasteiger charge is 2.17. The largest absolute Gasteiger partial charge is 0.389 e. The molecule has 0 aliphatic carbocycles. The summed E-state index contributed by atoms with van der Waals surface area (Å²) in [7, 11) is 4.01. The van der Waals surface area contributed by atoms with Gasteiger partial charge in [0.1, 0.15) is 11.1 Å². The van der Waals surface area contributed by atoms with Gasteiger partial charge in [-0.1, -0.05) is 19.1 Å². The number of benzene rings is 1. The zero-order valence-corrected chi connectivity index (χ0v) is 12.2. The van der Waals surface area contributed by atoms with Gasteiger partial charge in [0.05, 0.1) is 5.56 Å². The van der Waals surface area contributed by atoms with E-state index in [1.54, 1.807) is 0 Å². The predicted octanol–water partition coefficient (Wildman–Crippen LogP) is 3.50. The van der Waals surface area contributed by atoms with Gasteiger partial charge < -0.3 is 10.6 Å². The molecule has 0 saturated carbocycles. The lowest BCUT2D eigenvalue weighted by molar-refractivity contribution is 1.13. The van der Waals surface area contributed by atoms with E-state index >= 15 is 0 Å². The lowest BCUT2D eigenvalue weighted by Crippen LogP contribution is -2.08. The zero-order valence-electron chi connectivity index (χ0n) is 11.4. The lowest BCUT2D eigenvalue weighted by atomic mass is 10.00. The van der Waals surface area contributed by atoms with Crippen LogP contribution in [0.15, 0.2) is 24.3 Å². The Morgan fingerprint density at radius 2 is 2.11 bits per heavy atom. The minimum Gasteiger partial charge on any atom is -0.389 e. The molecule has 2 aromatic rings. The summed E-state index contributed by atoms with van der Waals surface area (Å²) in [5.41, 5.74) is 9.74. The molecule has 1 heterocycles. The molecule has 0 aliphatic heterocycles. The van der Waals surface area contributed by atoms with Gasteiger partial charge in [0.25, 0.3) is 0 Å². The smallest absolute Gasteiger partial charge is 0.105 e. The quantitative estimate of drug-likeness (QED) is 0.929. The number of nitrogens with two attached hydrogens (primary N) is 1. The van der Waals surface area contributed by atoms with E-state index in [1.165, 1.54) is 16.2 Å².